The number of hydrogen-bond acceptors (Lipinski definition) is 3. The maximum Gasteiger partial charge on any atom is 0.247 e. The number of nitrogens with one attached hydrogen (secondary N) is 1. The minimum Gasteiger partial charge on any atom is -0.322 e. The van der Waals surface area contributed by atoms with Crippen LogP contribution in [0.4, 0.5) is 5.69 Å². The number of carbonyl (C=O) groups excluding carboxylic acids is 1. The van der Waals surface area contributed by atoms with Crippen LogP contribution in [0.25, 0.3) is 0 Å². The van der Waals surface area contributed by atoms with Gasteiger partial charge >= 0.3 is 0 Å². The van der Waals surface area contributed by atoms with Crippen molar-refractivity contribution in [3.8, 4) is 0 Å². The van der Waals surface area contributed by atoms with Gasteiger partial charge in [0.15, 0.2) is 0 Å². The molecule has 1 atom stereocenters. The number of benzene rings is 2. The van der Waals surface area contributed by atoms with Crippen molar-refractivity contribution in [2.75, 3.05) is 12.1 Å². The molecule has 2 aromatic carbocycles. The van der Waals surface area contributed by atoms with E-state index in [0.29, 0.717) is 0 Å². The Labute approximate surface area is 142 Å². The monoisotopic (exact) mass is 319 g/mol. The van der Waals surface area contributed by atoms with Gasteiger partial charge in [-0.1, -0.05) is 55.1 Å². The van der Waals surface area contributed by atoms with E-state index in [1.54, 1.807) is 0 Å². The van der Waals surface area contributed by atoms with Crippen LogP contribution < -0.4 is 10.3 Å². The van der Waals surface area contributed by atoms with Crippen molar-refractivity contribution in [1.82, 2.24) is 10.3 Å². The van der Waals surface area contributed by atoms with Crippen LogP contribution in [0.5, 0.6) is 0 Å². The van der Waals surface area contributed by atoms with E-state index in [0.717, 1.165) is 22.6 Å². The van der Waals surface area contributed by atoms with E-state index in [4.69, 9.17) is 0 Å². The summed E-state index contributed by atoms with van der Waals surface area (Å²) in [6, 6.07) is 20.2. The van der Waals surface area contributed by atoms with Crippen LogP contribution in [0.1, 0.15) is 18.5 Å². The third-order valence-corrected chi connectivity index (χ3v) is 4.30. The Morgan fingerprint density at radius 1 is 1.08 bits per heavy atom. The van der Waals surface area contributed by atoms with Gasteiger partial charge in [-0.15, -0.1) is 0 Å². The molecule has 0 saturated carbocycles. The highest BCUT2D eigenvalue weighted by molar-refractivity contribution is 5.88. The Morgan fingerprint density at radius 3 is 2.25 bits per heavy atom. The van der Waals surface area contributed by atoms with Crippen LogP contribution in [-0.4, -0.2) is 18.0 Å². The van der Waals surface area contributed by atoms with Crippen molar-refractivity contribution >= 4 is 11.6 Å². The fourth-order valence-corrected chi connectivity index (χ4v) is 3.02. The van der Waals surface area contributed by atoms with Gasteiger partial charge in [-0.25, -0.2) is 0 Å². The van der Waals surface area contributed by atoms with Crippen molar-refractivity contribution in [3.05, 3.63) is 90.3 Å². The van der Waals surface area contributed by atoms with E-state index in [9.17, 15) is 4.79 Å². The zero-order valence-electron chi connectivity index (χ0n) is 13.9. The van der Waals surface area contributed by atoms with Crippen LogP contribution in [0.2, 0.25) is 0 Å². The van der Waals surface area contributed by atoms with Gasteiger partial charge in [-0.2, -0.15) is 0 Å². The van der Waals surface area contributed by atoms with Crippen LogP contribution >= 0.6 is 0 Å². The first-order valence-corrected chi connectivity index (χ1v) is 7.90. The van der Waals surface area contributed by atoms with Gasteiger partial charge in [-0.3, -0.25) is 14.8 Å². The Bertz CT molecular complexity index is 768. The topological polar surface area (TPSA) is 35.6 Å². The largest absolute Gasteiger partial charge is 0.322 e. The standard InChI is InChI=1S/C20H21N3O/c1-4-18(24)21-19-15(2)22(3)23(17-13-9-6-10-14-17)20(19)16-11-7-5-8-12-16/h4-14,20H,1H2,2-3H3,(H,21,24). The molecule has 122 valence electrons. The number of para-hydroxylation sites is 1. The Hall–Kier alpha value is -3.01. The molecule has 3 rings (SSSR count). The number of allylic oxidation sites excluding steroid dienone is 1. The maximum absolute atomic E-state index is 11.9. The molecule has 2 aromatic rings. The summed E-state index contributed by atoms with van der Waals surface area (Å²) >= 11 is 0. The first-order valence-electron chi connectivity index (χ1n) is 7.90. The summed E-state index contributed by atoms with van der Waals surface area (Å²) in [5.41, 5.74) is 4.06. The van der Waals surface area contributed by atoms with E-state index in [1.807, 2.05) is 50.4 Å². The molecule has 0 aromatic heterocycles. The fourth-order valence-electron chi connectivity index (χ4n) is 3.02. The highest BCUT2D eigenvalue weighted by atomic mass is 16.1. The van der Waals surface area contributed by atoms with Crippen LogP contribution in [0.15, 0.2) is 84.7 Å². The minimum atomic E-state index is -0.200. The molecule has 0 bridgehead atoms. The molecule has 24 heavy (non-hydrogen) atoms. The van der Waals surface area contributed by atoms with E-state index in [2.05, 4.69) is 46.2 Å². The molecule has 1 N–H and O–H groups in total. The van der Waals surface area contributed by atoms with Crippen molar-refractivity contribution in [3.63, 3.8) is 0 Å². The maximum atomic E-state index is 11.9. The summed E-state index contributed by atoms with van der Waals surface area (Å²) in [5.74, 6) is -0.200. The molecule has 1 heterocycles. The van der Waals surface area contributed by atoms with E-state index in [1.165, 1.54) is 6.08 Å². The average molecular weight is 319 g/mol. The molecular weight excluding hydrogens is 298 g/mol. The molecule has 4 heteroatoms. The van der Waals surface area contributed by atoms with Gasteiger partial charge in [0.25, 0.3) is 0 Å². The number of anilines is 1. The summed E-state index contributed by atoms with van der Waals surface area (Å²) in [6.45, 7) is 5.57. The summed E-state index contributed by atoms with van der Waals surface area (Å²) in [5, 5.41) is 7.26. The van der Waals surface area contributed by atoms with Gasteiger partial charge in [0.1, 0.15) is 6.04 Å². The normalized spacial score (nSPS) is 17.2. The predicted octanol–water partition coefficient (Wildman–Crippen LogP) is 3.63. The lowest BCUT2D eigenvalue weighted by molar-refractivity contribution is -0.115. The molecule has 1 unspecified atom stereocenters. The van der Waals surface area contributed by atoms with E-state index < -0.39 is 0 Å². The minimum absolute atomic E-state index is 0.0949. The lowest BCUT2D eigenvalue weighted by Gasteiger charge is -2.34. The van der Waals surface area contributed by atoms with Gasteiger partial charge in [-0.05, 0) is 30.7 Å². The van der Waals surface area contributed by atoms with Crippen molar-refractivity contribution in [2.24, 2.45) is 0 Å². The van der Waals surface area contributed by atoms with E-state index in [-0.39, 0.29) is 11.9 Å². The molecule has 0 spiro atoms. The van der Waals surface area contributed by atoms with Crippen molar-refractivity contribution in [2.45, 2.75) is 13.0 Å². The first kappa shape index (κ1) is 15.9. The Kier molecular flexibility index (Phi) is 4.38. The SMILES string of the molecule is C=CC(=O)NC1=C(C)N(C)N(c2ccccc2)C1c1ccccc1. The summed E-state index contributed by atoms with van der Waals surface area (Å²) in [4.78, 5) is 11.9. The van der Waals surface area contributed by atoms with Crippen molar-refractivity contribution < 1.29 is 4.79 Å². The highest BCUT2D eigenvalue weighted by Gasteiger charge is 2.37. The molecule has 1 aliphatic heterocycles. The van der Waals surface area contributed by atoms with Crippen LogP contribution in [0.3, 0.4) is 0 Å². The third kappa shape index (κ3) is 2.78. The van der Waals surface area contributed by atoms with Crippen molar-refractivity contribution in [1.29, 1.82) is 0 Å². The molecule has 0 radical (unpaired) electrons. The molecule has 0 fully saturated rings. The number of rotatable bonds is 4. The number of hydrogen-bond donors (Lipinski definition) is 1. The second-order valence-electron chi connectivity index (χ2n) is 5.71. The summed E-state index contributed by atoms with van der Waals surface area (Å²) in [7, 11) is 2.01. The molecule has 4 nitrogen and oxygen atoms in total. The zero-order valence-corrected chi connectivity index (χ0v) is 13.9. The van der Waals surface area contributed by atoms with Gasteiger partial charge in [0.05, 0.1) is 17.1 Å². The molecule has 0 saturated heterocycles. The average Bonchev–Trinajstić information content (AvgIpc) is 2.88. The zero-order chi connectivity index (χ0) is 17.1. The molecule has 0 aliphatic carbocycles. The summed E-state index contributed by atoms with van der Waals surface area (Å²) in [6.07, 6.45) is 1.30. The number of nitrogens with zero attached hydrogens (tertiary/aromatic N) is 2. The van der Waals surface area contributed by atoms with Crippen LogP contribution in [-0.2, 0) is 4.79 Å². The lowest BCUT2D eigenvalue weighted by atomic mass is 10.0. The Morgan fingerprint density at radius 2 is 1.67 bits per heavy atom. The molecular formula is C20H21N3O. The third-order valence-electron chi connectivity index (χ3n) is 4.30. The smallest absolute Gasteiger partial charge is 0.247 e. The molecule has 1 amide bonds. The highest BCUT2D eigenvalue weighted by Crippen LogP contribution is 2.40. The fraction of sp³-hybridized carbons (Fsp3) is 0.150. The second kappa shape index (κ2) is 6.62. The van der Waals surface area contributed by atoms with E-state index >= 15 is 0 Å². The number of carbonyl (C=O) groups is 1. The quantitative estimate of drug-likeness (QED) is 0.874. The predicted molar refractivity (Wildman–Crippen MR) is 96.9 cm³/mol. The molecule has 1 aliphatic rings. The lowest BCUT2D eigenvalue weighted by Crippen LogP contribution is -2.37. The number of hydrazine groups is 1. The second-order valence-corrected chi connectivity index (χ2v) is 5.71. The summed E-state index contributed by atoms with van der Waals surface area (Å²) < 4.78 is 0. The van der Waals surface area contributed by atoms with Gasteiger partial charge in [0.2, 0.25) is 5.91 Å². The van der Waals surface area contributed by atoms with Gasteiger partial charge < -0.3 is 5.32 Å². The first-order chi connectivity index (χ1) is 11.6. The number of amides is 1. The Balaban J connectivity index is 2.10. The van der Waals surface area contributed by atoms with Crippen LogP contribution in [0, 0.1) is 0 Å². The van der Waals surface area contributed by atoms with Gasteiger partial charge in [0, 0.05) is 7.05 Å².